The summed E-state index contributed by atoms with van der Waals surface area (Å²) in [6, 6.07) is 0. The van der Waals surface area contributed by atoms with Crippen LogP contribution in [0.15, 0.2) is 11.8 Å². The zero-order valence-electron chi connectivity index (χ0n) is 3.98. The predicted molar refractivity (Wildman–Crippen MR) is 25.8 cm³/mol. The molecule has 0 aromatic rings. The van der Waals surface area contributed by atoms with Crippen molar-refractivity contribution in [2.24, 2.45) is 0 Å². The molecule has 1 N–H and O–H groups in total. The fourth-order valence-electron chi connectivity index (χ4n) is 0.794. The standard InChI is InChI=1S/C5H7NO/c1-2-7-5-3-4(5)6-1/h3,5-6H,1-2H2/t5-/m0/s1. The third kappa shape index (κ3) is 0.431. The van der Waals surface area contributed by atoms with Crippen molar-refractivity contribution in [2.45, 2.75) is 6.10 Å². The first-order valence-electron chi connectivity index (χ1n) is 2.54. The van der Waals surface area contributed by atoms with E-state index in [0.29, 0.717) is 6.10 Å². The molecule has 0 aromatic heterocycles. The molecule has 0 radical (unpaired) electrons. The lowest BCUT2D eigenvalue weighted by Gasteiger charge is -2.10. The summed E-state index contributed by atoms with van der Waals surface area (Å²) in [4.78, 5) is 0. The molecule has 2 aliphatic rings. The highest BCUT2D eigenvalue weighted by molar-refractivity contribution is 5.31. The molecule has 0 spiro atoms. The van der Waals surface area contributed by atoms with E-state index in [9.17, 15) is 0 Å². The zero-order valence-corrected chi connectivity index (χ0v) is 3.98. The molecular formula is C5H7NO. The first-order valence-corrected chi connectivity index (χ1v) is 2.54. The van der Waals surface area contributed by atoms with Crippen molar-refractivity contribution < 1.29 is 4.74 Å². The third-order valence-electron chi connectivity index (χ3n) is 1.26. The van der Waals surface area contributed by atoms with Gasteiger partial charge in [-0.3, -0.25) is 0 Å². The Hall–Kier alpha value is -0.500. The summed E-state index contributed by atoms with van der Waals surface area (Å²) >= 11 is 0. The molecule has 1 saturated heterocycles. The topological polar surface area (TPSA) is 21.3 Å². The van der Waals surface area contributed by atoms with E-state index in [1.807, 2.05) is 0 Å². The lowest BCUT2D eigenvalue weighted by atomic mass is 10.5. The number of ether oxygens (including phenoxy) is 1. The van der Waals surface area contributed by atoms with Gasteiger partial charge in [0, 0.05) is 12.2 Å². The van der Waals surface area contributed by atoms with Crippen LogP contribution in [0.4, 0.5) is 0 Å². The Balaban J connectivity index is 2.02. The summed E-state index contributed by atoms with van der Waals surface area (Å²) in [6.45, 7) is 1.85. The van der Waals surface area contributed by atoms with Crippen molar-refractivity contribution in [3.8, 4) is 0 Å². The largest absolute Gasteiger partial charge is 0.384 e. The quantitative estimate of drug-likeness (QED) is 0.454. The molecule has 0 saturated carbocycles. The monoisotopic (exact) mass is 97.1 g/mol. The van der Waals surface area contributed by atoms with E-state index in [2.05, 4.69) is 11.4 Å². The highest BCUT2D eigenvalue weighted by Gasteiger charge is 2.27. The molecule has 1 fully saturated rings. The minimum Gasteiger partial charge on any atom is -0.384 e. The van der Waals surface area contributed by atoms with Gasteiger partial charge in [0.2, 0.25) is 0 Å². The van der Waals surface area contributed by atoms with Gasteiger partial charge in [0.25, 0.3) is 0 Å². The van der Waals surface area contributed by atoms with Crippen LogP contribution in [0.25, 0.3) is 0 Å². The van der Waals surface area contributed by atoms with Crippen LogP contribution >= 0.6 is 0 Å². The molecule has 0 unspecified atom stereocenters. The molecule has 1 aliphatic carbocycles. The first-order chi connectivity index (χ1) is 3.47. The van der Waals surface area contributed by atoms with Crippen LogP contribution in [-0.4, -0.2) is 19.3 Å². The summed E-state index contributed by atoms with van der Waals surface area (Å²) in [6.07, 6.45) is 2.47. The van der Waals surface area contributed by atoms with Gasteiger partial charge in [-0.25, -0.2) is 0 Å². The summed E-state index contributed by atoms with van der Waals surface area (Å²) in [5, 5.41) is 3.19. The van der Waals surface area contributed by atoms with Crippen LogP contribution in [0.3, 0.4) is 0 Å². The molecule has 38 valence electrons. The Morgan fingerprint density at radius 1 is 1.86 bits per heavy atom. The number of morpholine rings is 1. The summed E-state index contributed by atoms with van der Waals surface area (Å²) in [7, 11) is 0. The Kier molecular flexibility index (Phi) is 0.504. The van der Waals surface area contributed by atoms with E-state index >= 15 is 0 Å². The van der Waals surface area contributed by atoms with Gasteiger partial charge in [-0.2, -0.15) is 0 Å². The lowest BCUT2D eigenvalue weighted by molar-refractivity contribution is 0.113. The number of hydrogen-bond acceptors (Lipinski definition) is 2. The second-order valence-corrected chi connectivity index (χ2v) is 1.84. The van der Waals surface area contributed by atoms with Crippen LogP contribution in [0.2, 0.25) is 0 Å². The fraction of sp³-hybridized carbons (Fsp3) is 0.600. The molecule has 7 heavy (non-hydrogen) atoms. The molecular weight excluding hydrogens is 90.1 g/mol. The summed E-state index contributed by atoms with van der Waals surface area (Å²) in [5.41, 5.74) is 1.28. The van der Waals surface area contributed by atoms with Gasteiger partial charge in [-0.1, -0.05) is 0 Å². The maximum absolute atomic E-state index is 5.20. The van der Waals surface area contributed by atoms with E-state index in [4.69, 9.17) is 4.74 Å². The second kappa shape index (κ2) is 1.01. The average Bonchev–Trinajstić information content (AvgIpc) is 2.41. The smallest absolute Gasteiger partial charge is 0.117 e. The molecule has 1 aliphatic heterocycles. The van der Waals surface area contributed by atoms with Crippen molar-refractivity contribution in [1.82, 2.24) is 5.32 Å². The molecule has 0 amide bonds. The van der Waals surface area contributed by atoms with Crippen LogP contribution < -0.4 is 5.32 Å². The van der Waals surface area contributed by atoms with Gasteiger partial charge in [-0.15, -0.1) is 0 Å². The normalized spacial score (nSPS) is 35.4. The van der Waals surface area contributed by atoms with Crippen molar-refractivity contribution >= 4 is 0 Å². The first kappa shape index (κ1) is 3.50. The zero-order chi connectivity index (χ0) is 4.69. The number of nitrogens with one attached hydrogen (secondary N) is 1. The summed E-state index contributed by atoms with van der Waals surface area (Å²) in [5.74, 6) is 0. The van der Waals surface area contributed by atoms with Gasteiger partial charge >= 0.3 is 0 Å². The Morgan fingerprint density at radius 2 is 2.86 bits per heavy atom. The molecule has 1 heterocycles. The second-order valence-electron chi connectivity index (χ2n) is 1.84. The lowest BCUT2D eigenvalue weighted by Crippen LogP contribution is -2.25. The van der Waals surface area contributed by atoms with Crippen molar-refractivity contribution in [3.05, 3.63) is 11.8 Å². The van der Waals surface area contributed by atoms with E-state index in [1.54, 1.807) is 0 Å². The van der Waals surface area contributed by atoms with E-state index in [-0.39, 0.29) is 0 Å². The highest BCUT2D eigenvalue weighted by atomic mass is 16.5. The van der Waals surface area contributed by atoms with E-state index < -0.39 is 0 Å². The van der Waals surface area contributed by atoms with E-state index in [1.165, 1.54) is 5.70 Å². The maximum Gasteiger partial charge on any atom is 0.117 e. The van der Waals surface area contributed by atoms with E-state index in [0.717, 1.165) is 13.2 Å². The molecule has 0 bridgehead atoms. The Morgan fingerprint density at radius 3 is 3.43 bits per heavy atom. The van der Waals surface area contributed by atoms with Crippen LogP contribution in [0.5, 0.6) is 0 Å². The Labute approximate surface area is 42.2 Å². The van der Waals surface area contributed by atoms with Crippen molar-refractivity contribution in [1.29, 1.82) is 0 Å². The highest BCUT2D eigenvalue weighted by Crippen LogP contribution is 2.22. The van der Waals surface area contributed by atoms with Crippen LogP contribution in [0.1, 0.15) is 0 Å². The SMILES string of the molecule is C1=C2NCCO[C@@H]12. The predicted octanol–water partition coefficient (Wildman–Crippen LogP) is -0.128. The molecule has 2 heteroatoms. The average molecular weight is 97.1 g/mol. The van der Waals surface area contributed by atoms with Gasteiger partial charge in [0.15, 0.2) is 0 Å². The molecule has 1 atom stereocenters. The van der Waals surface area contributed by atoms with Gasteiger partial charge < -0.3 is 10.1 Å². The van der Waals surface area contributed by atoms with Gasteiger partial charge in [-0.05, 0) is 6.08 Å². The van der Waals surface area contributed by atoms with Crippen molar-refractivity contribution in [3.63, 3.8) is 0 Å². The molecule has 0 aromatic carbocycles. The van der Waals surface area contributed by atoms with Gasteiger partial charge in [0.1, 0.15) is 6.10 Å². The fourth-order valence-corrected chi connectivity index (χ4v) is 0.794. The Bertz CT molecular complexity index is 119. The minimum absolute atomic E-state index is 0.383. The number of hydrogen-bond donors (Lipinski definition) is 1. The minimum atomic E-state index is 0.383. The summed E-state index contributed by atoms with van der Waals surface area (Å²) < 4.78 is 5.20. The molecule has 2 nitrogen and oxygen atoms in total. The van der Waals surface area contributed by atoms with Gasteiger partial charge in [0.05, 0.1) is 6.61 Å². The maximum atomic E-state index is 5.20. The van der Waals surface area contributed by atoms with Crippen LogP contribution in [0, 0.1) is 0 Å². The number of fused-ring (bicyclic) bond motifs is 1. The number of rotatable bonds is 0. The van der Waals surface area contributed by atoms with Crippen LogP contribution in [-0.2, 0) is 4.74 Å². The van der Waals surface area contributed by atoms with Crippen molar-refractivity contribution in [2.75, 3.05) is 13.2 Å². The molecule has 2 rings (SSSR count). The third-order valence-corrected chi connectivity index (χ3v) is 1.26.